The minimum atomic E-state index is -2.83. The van der Waals surface area contributed by atoms with Gasteiger partial charge in [-0.1, -0.05) is 13.3 Å². The molecule has 0 aromatic heterocycles. The van der Waals surface area contributed by atoms with E-state index >= 15 is 0 Å². The maximum atomic E-state index is 11.8. The monoisotopic (exact) mass is 219 g/mol. The molecule has 0 spiro atoms. The molecule has 0 heterocycles. The van der Waals surface area contributed by atoms with Gasteiger partial charge in [0.1, 0.15) is 0 Å². The lowest BCUT2D eigenvalue weighted by Crippen LogP contribution is -2.32. The highest BCUT2D eigenvalue weighted by atomic mass is 32.2. The molecule has 0 aromatic carbocycles. The van der Waals surface area contributed by atoms with Crippen LogP contribution in [0.15, 0.2) is 0 Å². The first-order valence-corrected chi connectivity index (χ1v) is 7.23. The SMILES string of the molecule is CCCS(=O)(=O)C1CCCC(CN)C1. The van der Waals surface area contributed by atoms with Crippen LogP contribution in [0.1, 0.15) is 39.0 Å². The van der Waals surface area contributed by atoms with Crippen LogP contribution in [-0.2, 0) is 9.84 Å². The second kappa shape index (κ2) is 5.12. The molecule has 0 aromatic rings. The predicted molar refractivity (Wildman–Crippen MR) is 58.9 cm³/mol. The summed E-state index contributed by atoms with van der Waals surface area (Å²) in [5.41, 5.74) is 5.59. The summed E-state index contributed by atoms with van der Waals surface area (Å²) in [5.74, 6) is 0.773. The van der Waals surface area contributed by atoms with Crippen LogP contribution < -0.4 is 5.73 Å². The fourth-order valence-corrected chi connectivity index (χ4v) is 4.23. The summed E-state index contributed by atoms with van der Waals surface area (Å²) in [5, 5.41) is -0.107. The van der Waals surface area contributed by atoms with E-state index in [9.17, 15) is 8.42 Å². The Kier molecular flexibility index (Phi) is 4.38. The molecule has 1 aliphatic carbocycles. The van der Waals surface area contributed by atoms with Crippen LogP contribution in [-0.4, -0.2) is 26.0 Å². The first-order valence-electron chi connectivity index (χ1n) is 5.51. The fraction of sp³-hybridized carbons (Fsp3) is 1.00. The molecule has 1 rings (SSSR count). The molecule has 2 atom stereocenters. The van der Waals surface area contributed by atoms with Gasteiger partial charge in [0.2, 0.25) is 0 Å². The first-order chi connectivity index (χ1) is 6.60. The maximum absolute atomic E-state index is 11.8. The third-order valence-corrected chi connectivity index (χ3v) is 5.49. The lowest BCUT2D eigenvalue weighted by Gasteiger charge is -2.27. The van der Waals surface area contributed by atoms with Crippen molar-refractivity contribution in [2.24, 2.45) is 11.7 Å². The number of nitrogens with two attached hydrogens (primary N) is 1. The largest absolute Gasteiger partial charge is 0.330 e. The molecule has 2 unspecified atom stereocenters. The molecule has 84 valence electrons. The third kappa shape index (κ3) is 2.95. The number of hydrogen-bond donors (Lipinski definition) is 1. The standard InChI is InChI=1S/C10H21NO2S/c1-2-6-14(12,13)10-5-3-4-9(7-10)8-11/h9-10H,2-8,11H2,1H3. The molecule has 0 bridgehead atoms. The number of sulfone groups is 1. The molecule has 0 aliphatic heterocycles. The Morgan fingerprint density at radius 1 is 1.36 bits per heavy atom. The van der Waals surface area contributed by atoms with Crippen LogP contribution in [0.2, 0.25) is 0 Å². The highest BCUT2D eigenvalue weighted by Gasteiger charge is 2.30. The summed E-state index contributed by atoms with van der Waals surface area (Å²) >= 11 is 0. The van der Waals surface area contributed by atoms with Gasteiger partial charge < -0.3 is 5.73 Å². The van der Waals surface area contributed by atoms with Gasteiger partial charge in [-0.2, -0.15) is 0 Å². The summed E-state index contributed by atoms with van der Waals surface area (Å²) in [6, 6.07) is 0. The van der Waals surface area contributed by atoms with Crippen molar-refractivity contribution in [3.05, 3.63) is 0 Å². The van der Waals surface area contributed by atoms with Gasteiger partial charge >= 0.3 is 0 Å². The molecule has 0 saturated heterocycles. The van der Waals surface area contributed by atoms with Gasteiger partial charge in [0.05, 0.1) is 11.0 Å². The summed E-state index contributed by atoms with van der Waals surface area (Å²) in [4.78, 5) is 0. The Morgan fingerprint density at radius 3 is 2.64 bits per heavy atom. The topological polar surface area (TPSA) is 60.2 Å². The molecule has 4 heteroatoms. The normalized spacial score (nSPS) is 29.0. The second-order valence-corrected chi connectivity index (χ2v) is 6.66. The van der Waals surface area contributed by atoms with E-state index in [0.29, 0.717) is 18.2 Å². The third-order valence-electron chi connectivity index (χ3n) is 3.06. The van der Waals surface area contributed by atoms with E-state index in [-0.39, 0.29) is 5.25 Å². The van der Waals surface area contributed by atoms with E-state index in [1.807, 2.05) is 6.92 Å². The average molecular weight is 219 g/mol. The van der Waals surface area contributed by atoms with Gasteiger partial charge in [-0.25, -0.2) is 8.42 Å². The minimum absolute atomic E-state index is 0.107. The molecular formula is C10H21NO2S. The van der Waals surface area contributed by atoms with Gasteiger partial charge in [-0.15, -0.1) is 0 Å². The van der Waals surface area contributed by atoms with Crippen molar-refractivity contribution in [3.8, 4) is 0 Å². The van der Waals surface area contributed by atoms with Gasteiger partial charge in [0.15, 0.2) is 9.84 Å². The molecule has 0 amide bonds. The van der Waals surface area contributed by atoms with E-state index in [0.717, 1.165) is 32.1 Å². The molecule has 0 radical (unpaired) electrons. The number of rotatable bonds is 4. The summed E-state index contributed by atoms with van der Waals surface area (Å²) < 4.78 is 23.6. The molecule has 14 heavy (non-hydrogen) atoms. The van der Waals surface area contributed by atoms with Crippen LogP contribution in [0.5, 0.6) is 0 Å². The van der Waals surface area contributed by atoms with Crippen molar-refractivity contribution in [2.45, 2.75) is 44.3 Å². The van der Waals surface area contributed by atoms with Crippen LogP contribution in [0.3, 0.4) is 0 Å². The quantitative estimate of drug-likeness (QED) is 0.776. The van der Waals surface area contributed by atoms with Crippen LogP contribution in [0, 0.1) is 5.92 Å². The lowest BCUT2D eigenvalue weighted by molar-refractivity contribution is 0.364. The molecule has 1 aliphatic rings. The Bertz CT molecular complexity index is 261. The first kappa shape index (κ1) is 12.0. The van der Waals surface area contributed by atoms with Crippen molar-refractivity contribution in [1.29, 1.82) is 0 Å². The Balaban J connectivity index is 2.59. The number of hydrogen-bond acceptors (Lipinski definition) is 3. The van der Waals surface area contributed by atoms with Gasteiger partial charge in [-0.3, -0.25) is 0 Å². The van der Waals surface area contributed by atoms with E-state index in [2.05, 4.69) is 0 Å². The molecule has 2 N–H and O–H groups in total. The summed E-state index contributed by atoms with van der Waals surface area (Å²) in [7, 11) is -2.83. The van der Waals surface area contributed by atoms with E-state index in [1.54, 1.807) is 0 Å². The van der Waals surface area contributed by atoms with Crippen molar-refractivity contribution in [1.82, 2.24) is 0 Å². The van der Waals surface area contributed by atoms with Crippen LogP contribution in [0.25, 0.3) is 0 Å². The average Bonchev–Trinajstić information content (AvgIpc) is 2.18. The van der Waals surface area contributed by atoms with Crippen LogP contribution in [0.4, 0.5) is 0 Å². The van der Waals surface area contributed by atoms with Crippen LogP contribution >= 0.6 is 0 Å². The van der Waals surface area contributed by atoms with E-state index in [1.165, 1.54) is 0 Å². The fourth-order valence-electron chi connectivity index (χ4n) is 2.23. The smallest absolute Gasteiger partial charge is 0.153 e. The predicted octanol–water partition coefficient (Wildman–Crippen LogP) is 1.33. The highest BCUT2D eigenvalue weighted by molar-refractivity contribution is 7.92. The van der Waals surface area contributed by atoms with Crippen molar-refractivity contribution < 1.29 is 8.42 Å². The lowest BCUT2D eigenvalue weighted by atomic mass is 9.89. The Hall–Kier alpha value is -0.0900. The molecule has 3 nitrogen and oxygen atoms in total. The van der Waals surface area contributed by atoms with Crippen molar-refractivity contribution >= 4 is 9.84 Å². The maximum Gasteiger partial charge on any atom is 0.153 e. The molecule has 1 saturated carbocycles. The van der Waals surface area contributed by atoms with Gasteiger partial charge in [0.25, 0.3) is 0 Å². The zero-order valence-corrected chi connectivity index (χ0v) is 9.72. The second-order valence-electron chi connectivity index (χ2n) is 4.26. The highest BCUT2D eigenvalue weighted by Crippen LogP contribution is 2.28. The van der Waals surface area contributed by atoms with Crippen molar-refractivity contribution in [2.75, 3.05) is 12.3 Å². The zero-order chi connectivity index (χ0) is 10.6. The van der Waals surface area contributed by atoms with E-state index in [4.69, 9.17) is 5.73 Å². The Morgan fingerprint density at radius 2 is 2.07 bits per heavy atom. The van der Waals surface area contributed by atoms with Gasteiger partial charge in [0, 0.05) is 0 Å². The summed E-state index contributed by atoms with van der Waals surface area (Å²) in [6.07, 6.45) is 4.49. The molecular weight excluding hydrogens is 198 g/mol. The zero-order valence-electron chi connectivity index (χ0n) is 8.91. The van der Waals surface area contributed by atoms with E-state index < -0.39 is 9.84 Å². The molecule has 1 fully saturated rings. The Labute approximate surface area is 87.0 Å². The van der Waals surface area contributed by atoms with Crippen molar-refractivity contribution in [3.63, 3.8) is 0 Å². The summed E-state index contributed by atoms with van der Waals surface area (Å²) in [6.45, 7) is 2.55. The minimum Gasteiger partial charge on any atom is -0.330 e. The van der Waals surface area contributed by atoms with Gasteiger partial charge in [-0.05, 0) is 38.1 Å².